The standard InChI is InChI=1S/C19H23NO4/c1-22-17-9-12(10-18(23-2)19(17)24-3)8-16-15-5-4-14(21)11-13(15)6-7-20-16/h4-5,9-11,16,20-21H,6-8H2,1-3H3. The third kappa shape index (κ3) is 3.12. The fraction of sp³-hybridized carbons (Fsp3) is 0.368. The maximum atomic E-state index is 9.69. The lowest BCUT2D eigenvalue weighted by atomic mass is 9.90. The van der Waals surface area contributed by atoms with E-state index in [0.717, 1.165) is 24.9 Å². The highest BCUT2D eigenvalue weighted by Gasteiger charge is 2.22. The molecule has 1 aliphatic heterocycles. The van der Waals surface area contributed by atoms with Crippen LogP contribution in [0.15, 0.2) is 30.3 Å². The van der Waals surface area contributed by atoms with Crippen LogP contribution in [0.5, 0.6) is 23.0 Å². The minimum Gasteiger partial charge on any atom is -0.508 e. The molecule has 0 aromatic heterocycles. The maximum Gasteiger partial charge on any atom is 0.203 e. The second kappa shape index (κ2) is 7.01. The van der Waals surface area contributed by atoms with E-state index in [1.165, 1.54) is 11.1 Å². The Morgan fingerprint density at radius 2 is 1.75 bits per heavy atom. The van der Waals surface area contributed by atoms with E-state index >= 15 is 0 Å². The number of benzene rings is 2. The van der Waals surface area contributed by atoms with Crippen LogP contribution in [0.25, 0.3) is 0 Å². The topological polar surface area (TPSA) is 60.0 Å². The Bertz CT molecular complexity index is 704. The summed E-state index contributed by atoms with van der Waals surface area (Å²) >= 11 is 0. The first kappa shape index (κ1) is 16.5. The third-order valence-corrected chi connectivity index (χ3v) is 4.45. The van der Waals surface area contributed by atoms with Crippen LogP contribution in [0.4, 0.5) is 0 Å². The van der Waals surface area contributed by atoms with Crippen LogP contribution in [0.3, 0.4) is 0 Å². The molecule has 1 atom stereocenters. The second-order valence-corrected chi connectivity index (χ2v) is 5.88. The van der Waals surface area contributed by atoms with Crippen molar-refractivity contribution in [1.82, 2.24) is 5.32 Å². The van der Waals surface area contributed by atoms with Gasteiger partial charge < -0.3 is 24.6 Å². The van der Waals surface area contributed by atoms with E-state index < -0.39 is 0 Å². The molecule has 128 valence electrons. The molecule has 1 aliphatic rings. The first-order valence-corrected chi connectivity index (χ1v) is 8.00. The monoisotopic (exact) mass is 329 g/mol. The lowest BCUT2D eigenvalue weighted by molar-refractivity contribution is 0.323. The first-order valence-electron chi connectivity index (χ1n) is 8.00. The van der Waals surface area contributed by atoms with Crippen LogP contribution in [0.2, 0.25) is 0 Å². The second-order valence-electron chi connectivity index (χ2n) is 5.88. The van der Waals surface area contributed by atoms with Crippen molar-refractivity contribution < 1.29 is 19.3 Å². The Morgan fingerprint density at radius 3 is 2.38 bits per heavy atom. The van der Waals surface area contributed by atoms with E-state index in [1.807, 2.05) is 24.3 Å². The van der Waals surface area contributed by atoms with Gasteiger partial charge in [-0.15, -0.1) is 0 Å². The fourth-order valence-corrected chi connectivity index (χ4v) is 3.31. The molecule has 2 aromatic rings. The molecule has 0 amide bonds. The Kier molecular flexibility index (Phi) is 4.81. The van der Waals surface area contributed by atoms with Crippen LogP contribution in [-0.4, -0.2) is 33.0 Å². The summed E-state index contributed by atoms with van der Waals surface area (Å²) in [5.74, 6) is 2.25. The van der Waals surface area contributed by atoms with Crippen LogP contribution >= 0.6 is 0 Å². The van der Waals surface area contributed by atoms with E-state index in [2.05, 4.69) is 5.32 Å². The van der Waals surface area contributed by atoms with Crippen molar-refractivity contribution >= 4 is 0 Å². The predicted molar refractivity (Wildman–Crippen MR) is 92.4 cm³/mol. The van der Waals surface area contributed by atoms with Crippen molar-refractivity contribution in [2.24, 2.45) is 0 Å². The molecule has 2 N–H and O–H groups in total. The zero-order chi connectivity index (χ0) is 17.1. The minimum absolute atomic E-state index is 0.192. The smallest absolute Gasteiger partial charge is 0.203 e. The minimum atomic E-state index is 0.192. The number of fused-ring (bicyclic) bond motifs is 1. The molecule has 3 rings (SSSR count). The van der Waals surface area contributed by atoms with Gasteiger partial charge in [0, 0.05) is 6.04 Å². The lowest BCUT2D eigenvalue weighted by Crippen LogP contribution is -2.31. The molecule has 0 radical (unpaired) electrons. The number of phenols is 1. The van der Waals surface area contributed by atoms with E-state index in [9.17, 15) is 5.11 Å². The van der Waals surface area contributed by atoms with Crippen molar-refractivity contribution in [3.63, 3.8) is 0 Å². The molecule has 5 heteroatoms. The van der Waals surface area contributed by atoms with Gasteiger partial charge in [-0.2, -0.15) is 0 Å². The van der Waals surface area contributed by atoms with Crippen LogP contribution in [0.1, 0.15) is 22.7 Å². The normalized spacial score (nSPS) is 16.4. The number of phenolic OH excluding ortho intramolecular Hbond substituents is 1. The summed E-state index contributed by atoms with van der Waals surface area (Å²) in [7, 11) is 4.85. The van der Waals surface area contributed by atoms with E-state index in [1.54, 1.807) is 27.4 Å². The molecular weight excluding hydrogens is 306 g/mol. The number of nitrogens with one attached hydrogen (secondary N) is 1. The summed E-state index contributed by atoms with van der Waals surface area (Å²) < 4.78 is 16.2. The summed E-state index contributed by atoms with van der Waals surface area (Å²) in [5, 5.41) is 13.2. The average Bonchev–Trinajstić information content (AvgIpc) is 2.60. The zero-order valence-corrected chi connectivity index (χ0v) is 14.3. The molecule has 2 aromatic carbocycles. The van der Waals surface area contributed by atoms with E-state index in [0.29, 0.717) is 23.0 Å². The number of aromatic hydroxyl groups is 1. The molecule has 0 bridgehead atoms. The molecule has 0 saturated heterocycles. The van der Waals surface area contributed by atoms with Crippen LogP contribution in [-0.2, 0) is 12.8 Å². The summed E-state index contributed by atoms with van der Waals surface area (Å²) in [4.78, 5) is 0. The van der Waals surface area contributed by atoms with Gasteiger partial charge in [-0.1, -0.05) is 6.07 Å². The van der Waals surface area contributed by atoms with Crippen LogP contribution in [0, 0.1) is 0 Å². The number of hydrogen-bond donors (Lipinski definition) is 2. The molecule has 1 unspecified atom stereocenters. The number of methoxy groups -OCH3 is 3. The average molecular weight is 329 g/mol. The highest BCUT2D eigenvalue weighted by molar-refractivity contribution is 5.54. The number of rotatable bonds is 5. The van der Waals surface area contributed by atoms with Crippen molar-refractivity contribution in [2.75, 3.05) is 27.9 Å². The van der Waals surface area contributed by atoms with Crippen molar-refractivity contribution in [3.05, 3.63) is 47.0 Å². The Morgan fingerprint density at radius 1 is 1.04 bits per heavy atom. The Hall–Kier alpha value is -2.40. The van der Waals surface area contributed by atoms with E-state index in [4.69, 9.17) is 14.2 Å². The lowest BCUT2D eigenvalue weighted by Gasteiger charge is -2.27. The third-order valence-electron chi connectivity index (χ3n) is 4.45. The van der Waals surface area contributed by atoms with Gasteiger partial charge in [0.05, 0.1) is 21.3 Å². The molecule has 0 spiro atoms. The van der Waals surface area contributed by atoms with Crippen molar-refractivity contribution in [1.29, 1.82) is 0 Å². The maximum absolute atomic E-state index is 9.69. The van der Waals surface area contributed by atoms with Gasteiger partial charge >= 0.3 is 0 Å². The van der Waals surface area contributed by atoms with Gasteiger partial charge in [-0.3, -0.25) is 0 Å². The zero-order valence-electron chi connectivity index (χ0n) is 14.3. The number of ether oxygens (including phenoxy) is 3. The fourth-order valence-electron chi connectivity index (χ4n) is 3.31. The van der Waals surface area contributed by atoms with Gasteiger partial charge in [-0.25, -0.2) is 0 Å². The molecule has 0 aliphatic carbocycles. The molecule has 0 saturated carbocycles. The Balaban J connectivity index is 1.92. The molecule has 0 fully saturated rings. The number of hydrogen-bond acceptors (Lipinski definition) is 5. The molecular formula is C19H23NO4. The summed E-state index contributed by atoms with van der Waals surface area (Å²) in [6, 6.07) is 9.76. The largest absolute Gasteiger partial charge is 0.508 e. The van der Waals surface area contributed by atoms with Gasteiger partial charge in [-0.05, 0) is 60.3 Å². The summed E-state index contributed by atoms with van der Waals surface area (Å²) in [6.07, 6.45) is 1.73. The first-order chi connectivity index (χ1) is 11.7. The summed E-state index contributed by atoms with van der Waals surface area (Å²) in [5.41, 5.74) is 3.53. The SMILES string of the molecule is COc1cc(CC2NCCc3cc(O)ccc32)cc(OC)c1OC. The van der Waals surface area contributed by atoms with Crippen LogP contribution < -0.4 is 19.5 Å². The molecule has 5 nitrogen and oxygen atoms in total. The van der Waals surface area contributed by atoms with Gasteiger partial charge in [0.2, 0.25) is 5.75 Å². The van der Waals surface area contributed by atoms with Crippen molar-refractivity contribution in [3.8, 4) is 23.0 Å². The predicted octanol–water partition coefficient (Wildman–Crippen LogP) is 2.85. The van der Waals surface area contributed by atoms with Gasteiger partial charge in [0.15, 0.2) is 11.5 Å². The quantitative estimate of drug-likeness (QED) is 0.883. The Labute approximate surface area is 142 Å². The highest BCUT2D eigenvalue weighted by Crippen LogP contribution is 2.39. The van der Waals surface area contributed by atoms with Gasteiger partial charge in [0.1, 0.15) is 5.75 Å². The van der Waals surface area contributed by atoms with Crippen molar-refractivity contribution in [2.45, 2.75) is 18.9 Å². The molecule has 1 heterocycles. The molecule has 24 heavy (non-hydrogen) atoms. The highest BCUT2D eigenvalue weighted by atomic mass is 16.5. The summed E-state index contributed by atoms with van der Waals surface area (Å²) in [6.45, 7) is 0.894. The van der Waals surface area contributed by atoms with Gasteiger partial charge in [0.25, 0.3) is 0 Å². The van der Waals surface area contributed by atoms with E-state index in [-0.39, 0.29) is 6.04 Å².